The highest BCUT2D eigenvalue weighted by Crippen LogP contribution is 2.35. The summed E-state index contributed by atoms with van der Waals surface area (Å²) in [4.78, 5) is 30.8. The van der Waals surface area contributed by atoms with Crippen LogP contribution in [-0.2, 0) is 16.1 Å². The molecule has 1 aromatic carbocycles. The number of anilines is 1. The lowest BCUT2D eigenvalue weighted by atomic mass is 9.84. The van der Waals surface area contributed by atoms with E-state index in [2.05, 4.69) is 32.9 Å². The predicted octanol–water partition coefficient (Wildman–Crippen LogP) is 6.11. The van der Waals surface area contributed by atoms with Gasteiger partial charge in [0.1, 0.15) is 18.1 Å². The summed E-state index contributed by atoms with van der Waals surface area (Å²) in [5, 5.41) is 15.8. The van der Waals surface area contributed by atoms with E-state index in [4.69, 9.17) is 8.83 Å². The molecule has 0 unspecified atom stereocenters. The molecule has 42 heavy (non-hydrogen) atoms. The summed E-state index contributed by atoms with van der Waals surface area (Å²) in [5.74, 6) is 1.78. The fraction of sp³-hybridized carbons (Fsp3) is 0.469. The first kappa shape index (κ1) is 27.9. The molecule has 10 heteroatoms. The van der Waals surface area contributed by atoms with Gasteiger partial charge in [-0.25, -0.2) is 0 Å². The van der Waals surface area contributed by atoms with Crippen LogP contribution < -0.4 is 10.2 Å². The van der Waals surface area contributed by atoms with Crippen LogP contribution in [-0.4, -0.2) is 38.1 Å². The minimum atomic E-state index is -0.995. The zero-order valence-electron chi connectivity index (χ0n) is 24.1. The normalized spacial score (nSPS) is 17.2. The third-order valence-corrected chi connectivity index (χ3v) is 8.48. The van der Waals surface area contributed by atoms with E-state index in [1.807, 2.05) is 25.1 Å². The number of tetrazole rings is 1. The Hall–Kier alpha value is -4.21. The van der Waals surface area contributed by atoms with Crippen LogP contribution in [0.15, 0.2) is 63.6 Å². The zero-order valence-corrected chi connectivity index (χ0v) is 24.1. The SMILES string of the molecule is Cc1ccc(-c2nnn(CC(=O)N(c3ccc(C4CCCCC4)cc3)[C@@H](C(=O)NC3CCCCC3)c3ccco3)n2)o1. The van der Waals surface area contributed by atoms with E-state index in [0.29, 0.717) is 23.1 Å². The van der Waals surface area contributed by atoms with Crippen molar-refractivity contribution in [3.05, 3.63) is 71.9 Å². The van der Waals surface area contributed by atoms with Gasteiger partial charge in [-0.1, -0.05) is 50.7 Å². The number of rotatable bonds is 9. The van der Waals surface area contributed by atoms with E-state index in [1.165, 1.54) is 60.0 Å². The van der Waals surface area contributed by atoms with E-state index in [0.717, 1.165) is 31.4 Å². The van der Waals surface area contributed by atoms with Crippen molar-refractivity contribution >= 4 is 17.5 Å². The maximum atomic E-state index is 14.1. The molecular weight excluding hydrogens is 532 g/mol. The van der Waals surface area contributed by atoms with Crippen LogP contribution in [0.4, 0.5) is 5.69 Å². The average Bonchev–Trinajstić information content (AvgIpc) is 3.80. The molecule has 2 aliphatic rings. The second-order valence-electron chi connectivity index (χ2n) is 11.5. The van der Waals surface area contributed by atoms with Gasteiger partial charge in [-0.3, -0.25) is 14.5 Å². The van der Waals surface area contributed by atoms with Crippen molar-refractivity contribution in [2.24, 2.45) is 0 Å². The molecule has 0 saturated heterocycles. The van der Waals surface area contributed by atoms with E-state index in [-0.39, 0.29) is 30.2 Å². The third-order valence-electron chi connectivity index (χ3n) is 8.48. The Morgan fingerprint density at radius 1 is 0.976 bits per heavy atom. The average molecular weight is 571 g/mol. The molecule has 2 amide bonds. The molecule has 1 atom stereocenters. The lowest BCUT2D eigenvalue weighted by Gasteiger charge is -2.32. The van der Waals surface area contributed by atoms with Gasteiger partial charge < -0.3 is 14.2 Å². The second-order valence-corrected chi connectivity index (χ2v) is 11.5. The molecular formula is C32H38N6O4. The molecule has 220 valence electrons. The van der Waals surface area contributed by atoms with Crippen molar-refractivity contribution in [2.75, 3.05) is 4.90 Å². The number of nitrogens with zero attached hydrogens (tertiary/aromatic N) is 5. The highest BCUT2D eigenvalue weighted by atomic mass is 16.3. The van der Waals surface area contributed by atoms with Gasteiger partial charge in [-0.05, 0) is 85.7 Å². The Morgan fingerprint density at radius 3 is 2.38 bits per heavy atom. The highest BCUT2D eigenvalue weighted by molar-refractivity contribution is 6.01. The number of aromatic nitrogens is 4. The van der Waals surface area contributed by atoms with Crippen LogP contribution in [0, 0.1) is 6.92 Å². The van der Waals surface area contributed by atoms with Gasteiger partial charge in [-0.2, -0.15) is 4.80 Å². The monoisotopic (exact) mass is 570 g/mol. The first-order chi connectivity index (χ1) is 20.5. The van der Waals surface area contributed by atoms with Crippen LogP contribution in [0.5, 0.6) is 0 Å². The summed E-state index contributed by atoms with van der Waals surface area (Å²) < 4.78 is 11.4. The number of benzene rings is 1. The first-order valence-corrected chi connectivity index (χ1v) is 15.2. The van der Waals surface area contributed by atoms with Crippen LogP contribution in [0.2, 0.25) is 0 Å². The molecule has 0 bridgehead atoms. The quantitative estimate of drug-likeness (QED) is 0.258. The number of carbonyl (C=O) groups excluding carboxylic acids is 2. The van der Waals surface area contributed by atoms with Gasteiger partial charge in [0.15, 0.2) is 11.8 Å². The van der Waals surface area contributed by atoms with Crippen molar-refractivity contribution in [3.8, 4) is 11.6 Å². The van der Waals surface area contributed by atoms with Crippen molar-refractivity contribution in [2.45, 2.75) is 95.7 Å². The Kier molecular flexibility index (Phi) is 8.48. The Bertz CT molecular complexity index is 1460. The number of aryl methyl sites for hydroxylation is 1. The maximum absolute atomic E-state index is 14.1. The molecule has 2 fully saturated rings. The van der Waals surface area contributed by atoms with Crippen LogP contribution in [0.3, 0.4) is 0 Å². The fourth-order valence-electron chi connectivity index (χ4n) is 6.29. The minimum Gasteiger partial charge on any atom is -0.467 e. The highest BCUT2D eigenvalue weighted by Gasteiger charge is 2.36. The van der Waals surface area contributed by atoms with E-state index in [1.54, 1.807) is 18.2 Å². The molecule has 1 N–H and O–H groups in total. The lowest BCUT2D eigenvalue weighted by molar-refractivity contribution is -0.128. The van der Waals surface area contributed by atoms with E-state index < -0.39 is 6.04 Å². The predicted molar refractivity (Wildman–Crippen MR) is 156 cm³/mol. The van der Waals surface area contributed by atoms with Crippen molar-refractivity contribution in [1.82, 2.24) is 25.5 Å². The Balaban J connectivity index is 1.32. The Labute approximate surface area is 245 Å². The minimum absolute atomic E-state index is 0.0747. The molecule has 0 aliphatic heterocycles. The molecule has 4 aromatic rings. The lowest BCUT2D eigenvalue weighted by Crippen LogP contribution is -2.48. The summed E-state index contributed by atoms with van der Waals surface area (Å²) in [6.07, 6.45) is 12.8. The number of nitrogens with one attached hydrogen (secondary N) is 1. The summed E-state index contributed by atoms with van der Waals surface area (Å²) in [7, 11) is 0. The molecule has 2 aliphatic carbocycles. The number of furan rings is 2. The van der Waals surface area contributed by atoms with Crippen molar-refractivity contribution in [3.63, 3.8) is 0 Å². The molecule has 10 nitrogen and oxygen atoms in total. The third kappa shape index (κ3) is 6.32. The molecule has 0 spiro atoms. The van der Waals surface area contributed by atoms with E-state index in [9.17, 15) is 9.59 Å². The number of hydrogen-bond donors (Lipinski definition) is 1. The van der Waals surface area contributed by atoms with Crippen molar-refractivity contribution < 1.29 is 18.4 Å². The summed E-state index contributed by atoms with van der Waals surface area (Å²) >= 11 is 0. The first-order valence-electron chi connectivity index (χ1n) is 15.2. The Morgan fingerprint density at radius 2 is 1.71 bits per heavy atom. The van der Waals surface area contributed by atoms with Gasteiger partial charge in [0, 0.05) is 11.7 Å². The summed E-state index contributed by atoms with van der Waals surface area (Å²) in [6, 6.07) is 14.2. The van der Waals surface area contributed by atoms with Crippen LogP contribution in [0.25, 0.3) is 11.6 Å². The largest absolute Gasteiger partial charge is 0.467 e. The fourth-order valence-corrected chi connectivity index (χ4v) is 6.29. The summed E-state index contributed by atoms with van der Waals surface area (Å²) in [6.45, 7) is 1.62. The van der Waals surface area contributed by atoms with Crippen LogP contribution in [0.1, 0.15) is 93.3 Å². The summed E-state index contributed by atoms with van der Waals surface area (Å²) in [5.41, 5.74) is 1.88. The van der Waals surface area contributed by atoms with E-state index >= 15 is 0 Å². The van der Waals surface area contributed by atoms with Gasteiger partial charge >= 0.3 is 0 Å². The molecule has 2 saturated carbocycles. The maximum Gasteiger partial charge on any atom is 0.251 e. The number of hydrogen-bond acceptors (Lipinski definition) is 7. The van der Waals surface area contributed by atoms with Gasteiger partial charge in [0.25, 0.3) is 11.8 Å². The van der Waals surface area contributed by atoms with Crippen molar-refractivity contribution in [1.29, 1.82) is 0 Å². The molecule has 0 radical (unpaired) electrons. The molecule has 3 aromatic heterocycles. The molecule has 6 rings (SSSR count). The topological polar surface area (TPSA) is 119 Å². The van der Waals surface area contributed by atoms with Crippen LogP contribution >= 0.6 is 0 Å². The smallest absolute Gasteiger partial charge is 0.251 e. The van der Waals surface area contributed by atoms with Gasteiger partial charge in [-0.15, -0.1) is 10.2 Å². The number of carbonyl (C=O) groups is 2. The van der Waals surface area contributed by atoms with Gasteiger partial charge in [0.2, 0.25) is 5.82 Å². The number of amides is 2. The second kappa shape index (κ2) is 12.8. The standard InChI is InChI=1S/C32H38N6O4/c1-22-14-19-28(42-22)31-34-36-37(35-31)21-29(39)38(26-17-15-24(16-18-26)23-9-4-2-5-10-23)30(27-13-8-20-41-27)32(40)33-25-11-6-3-7-12-25/h8,13-20,23,25,30H,2-7,9-12,21H2,1H3,(H,33,40)/t30-/m1/s1. The van der Waals surface area contributed by atoms with Gasteiger partial charge in [0.05, 0.1) is 6.26 Å². The zero-order chi connectivity index (χ0) is 28.9. The molecule has 3 heterocycles.